The highest BCUT2D eigenvalue weighted by Gasteiger charge is 2.17. The minimum Gasteiger partial charge on any atom is -0.283 e. The van der Waals surface area contributed by atoms with Crippen molar-refractivity contribution in [2.45, 2.75) is 13.8 Å². The van der Waals surface area contributed by atoms with Crippen LogP contribution in [-0.2, 0) is 0 Å². The number of hydrogen-bond donors (Lipinski definition) is 4. The van der Waals surface area contributed by atoms with E-state index in [1.165, 1.54) is 29.6 Å². The van der Waals surface area contributed by atoms with Gasteiger partial charge in [-0.05, 0) is 32.4 Å². The molecule has 11 heteroatoms. The molecule has 0 aliphatic carbocycles. The third-order valence-electron chi connectivity index (χ3n) is 2.82. The highest BCUT2D eigenvalue weighted by atomic mass is 32.2. The molecule has 0 aromatic carbocycles. The van der Waals surface area contributed by atoms with Crippen molar-refractivity contribution in [3.63, 3.8) is 0 Å². The molecule has 0 atom stereocenters. The number of amides is 2. The van der Waals surface area contributed by atoms with E-state index in [2.05, 4.69) is 26.7 Å². The first-order valence-corrected chi connectivity index (χ1v) is 9.83. The third-order valence-corrected chi connectivity index (χ3v) is 4.97. The summed E-state index contributed by atoms with van der Waals surface area (Å²) in [7, 11) is 0. The summed E-state index contributed by atoms with van der Waals surface area (Å²) in [6, 6.07) is 1.48. The van der Waals surface area contributed by atoms with Crippen molar-refractivity contribution in [1.29, 1.82) is 0 Å². The fourth-order valence-electron chi connectivity index (χ4n) is 1.64. The Hall–Kier alpha value is -1.43. The summed E-state index contributed by atoms with van der Waals surface area (Å²) in [5.74, 6) is -0.865. The van der Waals surface area contributed by atoms with Crippen LogP contribution in [0.5, 0.6) is 0 Å². The van der Waals surface area contributed by atoms with E-state index in [9.17, 15) is 9.59 Å². The molecule has 0 unspecified atom stereocenters. The maximum Gasteiger partial charge on any atom is 0.271 e. The van der Waals surface area contributed by atoms with Gasteiger partial charge >= 0.3 is 0 Å². The SMILES string of the molecule is CSC(=S)NNC(=O)c1cc(C(=O)NNC(=S)SC)c(C)nc1C. The van der Waals surface area contributed by atoms with Crippen molar-refractivity contribution >= 4 is 68.4 Å². The van der Waals surface area contributed by atoms with E-state index in [4.69, 9.17) is 24.4 Å². The molecule has 2 amide bonds. The van der Waals surface area contributed by atoms with Gasteiger partial charge in [-0.1, -0.05) is 48.0 Å². The van der Waals surface area contributed by atoms with Gasteiger partial charge in [0.05, 0.1) is 22.5 Å². The average Bonchev–Trinajstić information content (AvgIpc) is 2.56. The standard InChI is InChI=1S/C13H17N5O2S4/c1-6-8(10(19)15-17-12(21)23-3)5-9(7(2)14-6)11(20)16-18-13(22)24-4/h5H,1-4H3,(H,15,19)(H,16,20)(H,17,21)(H,18,22). The van der Waals surface area contributed by atoms with E-state index >= 15 is 0 Å². The first kappa shape index (κ1) is 20.6. The van der Waals surface area contributed by atoms with Gasteiger partial charge in [0.15, 0.2) is 8.64 Å². The van der Waals surface area contributed by atoms with Gasteiger partial charge in [-0.15, -0.1) is 0 Å². The lowest BCUT2D eigenvalue weighted by Gasteiger charge is -2.13. The number of aryl methyl sites for hydroxylation is 2. The molecule has 1 rings (SSSR count). The lowest BCUT2D eigenvalue weighted by molar-refractivity contribution is 0.0943. The summed E-state index contributed by atoms with van der Waals surface area (Å²) in [4.78, 5) is 28.7. The molecule has 0 spiro atoms. The van der Waals surface area contributed by atoms with Crippen LogP contribution >= 0.6 is 48.0 Å². The summed E-state index contributed by atoms with van der Waals surface area (Å²) in [5.41, 5.74) is 11.7. The molecule has 0 saturated heterocycles. The second kappa shape index (κ2) is 9.77. The number of nitrogens with zero attached hydrogens (tertiary/aromatic N) is 1. The number of hydrogen-bond acceptors (Lipinski definition) is 7. The lowest BCUT2D eigenvalue weighted by atomic mass is 10.1. The van der Waals surface area contributed by atoms with Gasteiger partial charge in [0, 0.05) is 0 Å². The summed E-state index contributed by atoms with van der Waals surface area (Å²) >= 11 is 12.5. The van der Waals surface area contributed by atoms with Crippen LogP contribution in [0.25, 0.3) is 0 Å². The molecule has 7 nitrogen and oxygen atoms in total. The van der Waals surface area contributed by atoms with E-state index in [1.54, 1.807) is 26.4 Å². The summed E-state index contributed by atoms with van der Waals surface area (Å²) in [6.45, 7) is 3.38. The van der Waals surface area contributed by atoms with Crippen molar-refractivity contribution in [1.82, 2.24) is 26.7 Å². The van der Waals surface area contributed by atoms with Crippen LogP contribution in [0.2, 0.25) is 0 Å². The van der Waals surface area contributed by atoms with Crippen LogP contribution in [0.15, 0.2) is 6.07 Å². The van der Waals surface area contributed by atoms with Crippen LogP contribution < -0.4 is 21.7 Å². The van der Waals surface area contributed by atoms with Crippen LogP contribution in [0.3, 0.4) is 0 Å². The number of rotatable bonds is 2. The molecular weight excluding hydrogens is 386 g/mol. The van der Waals surface area contributed by atoms with Crippen LogP contribution in [-0.4, -0.2) is 38.0 Å². The number of thioether (sulfide) groups is 2. The Morgan fingerprint density at radius 3 is 1.58 bits per heavy atom. The topological polar surface area (TPSA) is 95.1 Å². The fraction of sp³-hybridized carbons (Fsp3) is 0.308. The molecule has 1 heterocycles. The van der Waals surface area contributed by atoms with Crippen LogP contribution in [0.4, 0.5) is 0 Å². The van der Waals surface area contributed by atoms with E-state index in [-0.39, 0.29) is 11.1 Å². The Kier molecular flexibility index (Phi) is 8.39. The zero-order chi connectivity index (χ0) is 18.3. The largest absolute Gasteiger partial charge is 0.283 e. The molecule has 1 aromatic heterocycles. The second-order valence-electron chi connectivity index (χ2n) is 4.40. The van der Waals surface area contributed by atoms with Crippen molar-refractivity contribution in [2.75, 3.05) is 12.5 Å². The zero-order valence-corrected chi connectivity index (χ0v) is 16.7. The molecule has 0 aliphatic heterocycles. The minimum absolute atomic E-state index is 0.273. The summed E-state index contributed by atoms with van der Waals surface area (Å²) in [5, 5.41) is 0. The number of carbonyl (C=O) groups is 2. The van der Waals surface area contributed by atoms with Crippen molar-refractivity contribution in [3.05, 3.63) is 28.6 Å². The first-order valence-electron chi connectivity index (χ1n) is 6.57. The fourth-order valence-corrected chi connectivity index (χ4v) is 2.05. The molecular formula is C13H17N5O2S4. The van der Waals surface area contributed by atoms with Gasteiger partial charge in [0.1, 0.15) is 0 Å². The average molecular weight is 404 g/mol. The van der Waals surface area contributed by atoms with E-state index in [1.807, 2.05) is 0 Å². The molecule has 0 radical (unpaired) electrons. The third kappa shape index (κ3) is 5.89. The Labute approximate surface area is 159 Å². The van der Waals surface area contributed by atoms with Gasteiger partial charge < -0.3 is 0 Å². The molecule has 0 aliphatic rings. The molecule has 0 saturated carbocycles. The van der Waals surface area contributed by atoms with Crippen LogP contribution in [0, 0.1) is 13.8 Å². The lowest BCUT2D eigenvalue weighted by Crippen LogP contribution is -2.41. The van der Waals surface area contributed by atoms with Gasteiger partial charge in [-0.25, -0.2) is 0 Å². The number of thiocarbonyl (C=S) groups is 2. The maximum absolute atomic E-state index is 12.2. The summed E-state index contributed by atoms with van der Waals surface area (Å²) in [6.07, 6.45) is 3.57. The quantitative estimate of drug-likeness (QED) is 0.432. The predicted octanol–water partition coefficient (Wildman–Crippen LogP) is 1.46. The zero-order valence-electron chi connectivity index (χ0n) is 13.5. The number of aromatic nitrogens is 1. The van der Waals surface area contributed by atoms with Gasteiger partial charge in [-0.3, -0.25) is 36.3 Å². The number of pyridine rings is 1. The smallest absolute Gasteiger partial charge is 0.271 e. The van der Waals surface area contributed by atoms with Crippen molar-refractivity contribution in [3.8, 4) is 0 Å². The maximum atomic E-state index is 12.2. The highest BCUT2D eigenvalue weighted by Crippen LogP contribution is 2.12. The Morgan fingerprint density at radius 2 is 1.25 bits per heavy atom. The number of nitrogens with one attached hydrogen (secondary N) is 4. The van der Waals surface area contributed by atoms with Gasteiger partial charge in [0.25, 0.3) is 11.8 Å². The Morgan fingerprint density at radius 1 is 0.875 bits per heavy atom. The Balaban J connectivity index is 2.95. The molecule has 4 N–H and O–H groups in total. The summed E-state index contributed by atoms with van der Waals surface area (Å²) < 4.78 is 0.850. The normalized spacial score (nSPS) is 9.83. The van der Waals surface area contributed by atoms with E-state index in [0.717, 1.165) is 0 Å². The second-order valence-corrected chi connectivity index (χ2v) is 7.36. The highest BCUT2D eigenvalue weighted by molar-refractivity contribution is 8.22. The molecule has 24 heavy (non-hydrogen) atoms. The van der Waals surface area contributed by atoms with E-state index in [0.29, 0.717) is 20.0 Å². The van der Waals surface area contributed by atoms with Gasteiger partial charge in [0.2, 0.25) is 0 Å². The van der Waals surface area contributed by atoms with Crippen molar-refractivity contribution < 1.29 is 9.59 Å². The number of hydrazine groups is 2. The molecule has 0 fully saturated rings. The molecule has 0 bridgehead atoms. The minimum atomic E-state index is -0.432. The first-order chi connectivity index (χ1) is 11.3. The molecule has 130 valence electrons. The van der Waals surface area contributed by atoms with Crippen molar-refractivity contribution in [2.24, 2.45) is 0 Å². The molecule has 1 aromatic rings. The monoisotopic (exact) mass is 403 g/mol. The number of carbonyl (C=O) groups excluding carboxylic acids is 2. The van der Waals surface area contributed by atoms with Crippen LogP contribution in [0.1, 0.15) is 32.1 Å². The predicted molar refractivity (Wildman–Crippen MR) is 107 cm³/mol. The van der Waals surface area contributed by atoms with E-state index < -0.39 is 11.8 Å². The van der Waals surface area contributed by atoms with Gasteiger partial charge in [-0.2, -0.15) is 0 Å². The Bertz CT molecular complexity index is 627.